The fourth-order valence-electron chi connectivity index (χ4n) is 2.64. The molecule has 0 fully saturated rings. The molecule has 3 N–H and O–H groups in total. The van der Waals surface area contributed by atoms with E-state index in [0.717, 1.165) is 24.2 Å². The second kappa shape index (κ2) is 7.29. The van der Waals surface area contributed by atoms with Gasteiger partial charge in [-0.1, -0.05) is 12.1 Å². The molecule has 1 aliphatic rings. The molecule has 25 heavy (non-hydrogen) atoms. The lowest BCUT2D eigenvalue weighted by atomic mass is 10.0. The number of anilines is 1. The van der Waals surface area contributed by atoms with Crippen LogP contribution in [0.25, 0.3) is 0 Å². The van der Waals surface area contributed by atoms with Crippen LogP contribution in [0.15, 0.2) is 41.7 Å². The quantitative estimate of drug-likeness (QED) is 0.868. The van der Waals surface area contributed by atoms with Crippen LogP contribution in [0.2, 0.25) is 0 Å². The number of amidine groups is 1. The van der Waals surface area contributed by atoms with E-state index in [-0.39, 0.29) is 24.1 Å². The zero-order valence-corrected chi connectivity index (χ0v) is 14.3. The molecular formula is C18H21N5O2. The summed E-state index contributed by atoms with van der Waals surface area (Å²) in [5.74, 6) is -0.276. The van der Waals surface area contributed by atoms with Gasteiger partial charge in [0, 0.05) is 11.9 Å². The molecule has 2 aromatic rings. The van der Waals surface area contributed by atoms with Crippen molar-refractivity contribution in [3.8, 4) is 0 Å². The number of amides is 1. The third kappa shape index (κ3) is 4.32. The summed E-state index contributed by atoms with van der Waals surface area (Å²) >= 11 is 0. The molecule has 7 nitrogen and oxygen atoms in total. The van der Waals surface area contributed by atoms with Crippen LogP contribution in [0.1, 0.15) is 35.1 Å². The highest BCUT2D eigenvalue weighted by Crippen LogP contribution is 2.18. The van der Waals surface area contributed by atoms with Crippen LogP contribution in [0.3, 0.4) is 0 Å². The number of nitrogens with zero attached hydrogens (tertiary/aromatic N) is 3. The number of aromatic nitrogens is 2. The van der Waals surface area contributed by atoms with Gasteiger partial charge in [-0.2, -0.15) is 0 Å². The number of benzene rings is 1. The molecule has 2 atom stereocenters. The number of nitrogens with one attached hydrogen (secondary N) is 1. The van der Waals surface area contributed by atoms with Crippen molar-refractivity contribution in [2.24, 2.45) is 10.7 Å². The lowest BCUT2D eigenvalue weighted by Gasteiger charge is -2.12. The molecule has 0 saturated carbocycles. The minimum absolute atomic E-state index is 0.0224. The number of hydrogen-bond acceptors (Lipinski definition) is 6. The zero-order valence-electron chi connectivity index (χ0n) is 14.3. The molecule has 3 rings (SSSR count). The van der Waals surface area contributed by atoms with Crippen molar-refractivity contribution >= 4 is 17.6 Å². The molecule has 2 heterocycles. The molecular weight excluding hydrogens is 318 g/mol. The Balaban J connectivity index is 1.55. The van der Waals surface area contributed by atoms with Gasteiger partial charge in [0.2, 0.25) is 0 Å². The predicted octanol–water partition coefficient (Wildman–Crippen LogP) is 2.07. The number of ether oxygens (including phenoxy) is 1. The van der Waals surface area contributed by atoms with Gasteiger partial charge >= 0.3 is 0 Å². The molecule has 1 aliphatic heterocycles. The average Bonchev–Trinajstić information content (AvgIpc) is 2.92. The largest absolute Gasteiger partial charge is 0.460 e. The topological polar surface area (TPSA) is 102 Å². The van der Waals surface area contributed by atoms with Gasteiger partial charge < -0.3 is 15.8 Å². The number of carbonyl (C=O) groups excluding carboxylic acids is 1. The first-order chi connectivity index (χ1) is 12.0. The van der Waals surface area contributed by atoms with E-state index in [2.05, 4.69) is 20.3 Å². The molecule has 1 aromatic carbocycles. The van der Waals surface area contributed by atoms with Crippen LogP contribution in [0, 0.1) is 6.92 Å². The van der Waals surface area contributed by atoms with Crippen molar-refractivity contribution < 1.29 is 9.53 Å². The van der Waals surface area contributed by atoms with Gasteiger partial charge in [-0.15, -0.1) is 0 Å². The van der Waals surface area contributed by atoms with Gasteiger partial charge in [0.05, 0.1) is 17.9 Å². The maximum atomic E-state index is 12.1. The summed E-state index contributed by atoms with van der Waals surface area (Å²) in [4.78, 5) is 24.6. The van der Waals surface area contributed by atoms with Crippen molar-refractivity contribution in [2.45, 2.75) is 38.8 Å². The highest BCUT2D eigenvalue weighted by Gasteiger charge is 2.25. The summed E-state index contributed by atoms with van der Waals surface area (Å²) < 4.78 is 5.34. The number of aliphatic imine (C=N–C) groups is 1. The van der Waals surface area contributed by atoms with Gasteiger partial charge in [0.25, 0.3) is 11.9 Å². The van der Waals surface area contributed by atoms with Gasteiger partial charge in [0.15, 0.2) is 0 Å². The summed E-state index contributed by atoms with van der Waals surface area (Å²) in [6.45, 7) is 3.80. The SMILES string of the molecule is Cc1cnc(C(=O)Nc2ccc(CCC3N=C(N)O[C@H]3C)cc2)cn1. The molecule has 7 heteroatoms. The summed E-state index contributed by atoms with van der Waals surface area (Å²) in [6, 6.07) is 8.10. The Hall–Kier alpha value is -2.96. The van der Waals surface area contributed by atoms with Gasteiger partial charge in [0.1, 0.15) is 11.8 Å². The van der Waals surface area contributed by atoms with Crippen molar-refractivity contribution in [1.29, 1.82) is 0 Å². The zero-order chi connectivity index (χ0) is 17.8. The second-order valence-corrected chi connectivity index (χ2v) is 6.09. The Morgan fingerprint density at radius 3 is 2.60 bits per heavy atom. The highest BCUT2D eigenvalue weighted by atomic mass is 16.5. The number of aryl methyl sites for hydroxylation is 2. The summed E-state index contributed by atoms with van der Waals surface area (Å²) in [6.07, 6.45) is 4.80. The molecule has 0 saturated heterocycles. The number of rotatable bonds is 5. The molecule has 1 aromatic heterocycles. The second-order valence-electron chi connectivity index (χ2n) is 6.09. The molecule has 0 spiro atoms. The first kappa shape index (κ1) is 16.9. The van der Waals surface area contributed by atoms with Crippen molar-refractivity contribution in [1.82, 2.24) is 9.97 Å². The highest BCUT2D eigenvalue weighted by molar-refractivity contribution is 6.02. The van der Waals surface area contributed by atoms with Crippen molar-refractivity contribution in [2.75, 3.05) is 5.32 Å². The van der Waals surface area contributed by atoms with E-state index in [9.17, 15) is 4.79 Å². The first-order valence-corrected chi connectivity index (χ1v) is 8.20. The maximum Gasteiger partial charge on any atom is 0.282 e. The Bertz CT molecular complexity index is 771. The van der Waals surface area contributed by atoms with E-state index in [1.165, 1.54) is 11.8 Å². The van der Waals surface area contributed by atoms with E-state index in [1.54, 1.807) is 6.20 Å². The average molecular weight is 339 g/mol. The normalized spacial score (nSPS) is 19.2. The lowest BCUT2D eigenvalue weighted by molar-refractivity contribution is 0.102. The van der Waals surface area contributed by atoms with E-state index < -0.39 is 0 Å². The summed E-state index contributed by atoms with van der Waals surface area (Å²) in [5.41, 5.74) is 8.54. The fourth-order valence-corrected chi connectivity index (χ4v) is 2.64. The van der Waals surface area contributed by atoms with E-state index in [1.807, 2.05) is 38.1 Å². The molecule has 1 unspecified atom stereocenters. The van der Waals surface area contributed by atoms with Crippen LogP contribution in [-0.2, 0) is 11.2 Å². The minimum Gasteiger partial charge on any atom is -0.460 e. The smallest absolute Gasteiger partial charge is 0.282 e. The van der Waals surface area contributed by atoms with Crippen LogP contribution < -0.4 is 11.1 Å². The van der Waals surface area contributed by atoms with E-state index in [4.69, 9.17) is 10.5 Å². The molecule has 1 amide bonds. The number of carbonyl (C=O) groups is 1. The van der Waals surface area contributed by atoms with Crippen molar-refractivity contribution in [3.05, 3.63) is 53.6 Å². The van der Waals surface area contributed by atoms with E-state index >= 15 is 0 Å². The monoisotopic (exact) mass is 339 g/mol. The van der Waals surface area contributed by atoms with Crippen LogP contribution >= 0.6 is 0 Å². The van der Waals surface area contributed by atoms with E-state index in [0.29, 0.717) is 5.69 Å². The number of hydrogen-bond donors (Lipinski definition) is 2. The number of nitrogens with two attached hydrogens (primary N) is 1. The van der Waals surface area contributed by atoms with Gasteiger partial charge in [-0.05, 0) is 44.4 Å². The lowest BCUT2D eigenvalue weighted by Crippen LogP contribution is -2.20. The van der Waals surface area contributed by atoms with Crippen LogP contribution in [-0.4, -0.2) is 34.0 Å². The summed E-state index contributed by atoms with van der Waals surface area (Å²) in [7, 11) is 0. The first-order valence-electron chi connectivity index (χ1n) is 8.20. The minimum atomic E-state index is -0.276. The summed E-state index contributed by atoms with van der Waals surface area (Å²) in [5, 5.41) is 2.82. The third-order valence-corrected chi connectivity index (χ3v) is 4.10. The Kier molecular flexibility index (Phi) is 4.92. The third-order valence-electron chi connectivity index (χ3n) is 4.10. The molecule has 0 radical (unpaired) electrons. The maximum absolute atomic E-state index is 12.1. The Labute approximate surface area is 146 Å². The fraction of sp³-hybridized carbons (Fsp3) is 0.333. The Morgan fingerprint density at radius 1 is 1.24 bits per heavy atom. The molecule has 0 bridgehead atoms. The van der Waals surface area contributed by atoms with Crippen LogP contribution in [0.4, 0.5) is 5.69 Å². The van der Waals surface area contributed by atoms with Gasteiger partial charge in [-0.25, -0.2) is 9.98 Å². The van der Waals surface area contributed by atoms with Gasteiger partial charge in [-0.3, -0.25) is 9.78 Å². The van der Waals surface area contributed by atoms with Crippen LogP contribution in [0.5, 0.6) is 0 Å². The molecule has 130 valence electrons. The van der Waals surface area contributed by atoms with Crippen molar-refractivity contribution in [3.63, 3.8) is 0 Å². The standard InChI is InChI=1S/C18H21N5O2/c1-11-9-21-16(10-20-11)17(24)22-14-6-3-13(4-7-14)5-8-15-12(2)25-18(19)23-15/h3-4,6-7,9-10,12,15H,5,8H2,1-2H3,(H2,19,23)(H,22,24)/t12-,15?/m0/s1. The molecule has 0 aliphatic carbocycles. The predicted molar refractivity (Wildman–Crippen MR) is 95.4 cm³/mol. The Morgan fingerprint density at radius 2 is 2.00 bits per heavy atom.